The first-order chi connectivity index (χ1) is 8.65. The number of hydrogen-bond acceptors (Lipinski definition) is 1. The number of rotatable bonds is 4. The van der Waals surface area contributed by atoms with E-state index in [9.17, 15) is 8.78 Å². The summed E-state index contributed by atoms with van der Waals surface area (Å²) >= 11 is 3.37. The zero-order chi connectivity index (χ0) is 13.0. The molecule has 0 heterocycles. The maximum absolute atomic E-state index is 13.1. The smallest absolute Gasteiger partial charge is 0.123 e. The summed E-state index contributed by atoms with van der Waals surface area (Å²) in [5, 5.41) is 3.19. The van der Waals surface area contributed by atoms with Crippen molar-refractivity contribution in [2.75, 3.05) is 0 Å². The van der Waals surface area contributed by atoms with E-state index in [0.29, 0.717) is 13.1 Å². The maximum Gasteiger partial charge on any atom is 0.123 e. The van der Waals surface area contributed by atoms with Gasteiger partial charge in [-0.2, -0.15) is 0 Å². The van der Waals surface area contributed by atoms with Gasteiger partial charge in [0.15, 0.2) is 0 Å². The minimum absolute atomic E-state index is 0.244. The van der Waals surface area contributed by atoms with Crippen LogP contribution in [0.25, 0.3) is 0 Å². The molecule has 18 heavy (non-hydrogen) atoms. The Bertz CT molecular complexity index is 526. The Labute approximate surface area is 113 Å². The van der Waals surface area contributed by atoms with Crippen molar-refractivity contribution >= 4 is 15.9 Å². The van der Waals surface area contributed by atoms with E-state index in [2.05, 4.69) is 21.2 Å². The fraction of sp³-hybridized carbons (Fsp3) is 0.143. The second-order valence-corrected chi connectivity index (χ2v) is 4.82. The van der Waals surface area contributed by atoms with Crippen LogP contribution < -0.4 is 5.32 Å². The monoisotopic (exact) mass is 311 g/mol. The lowest BCUT2D eigenvalue weighted by Crippen LogP contribution is -2.13. The van der Waals surface area contributed by atoms with Crippen molar-refractivity contribution < 1.29 is 8.78 Å². The molecule has 0 bridgehead atoms. The summed E-state index contributed by atoms with van der Waals surface area (Å²) in [5.74, 6) is -0.497. The van der Waals surface area contributed by atoms with Crippen molar-refractivity contribution in [1.29, 1.82) is 0 Å². The van der Waals surface area contributed by atoms with Crippen molar-refractivity contribution in [3.05, 3.63) is 69.7 Å². The Hall–Kier alpha value is -1.26. The second-order valence-electron chi connectivity index (χ2n) is 3.97. The van der Waals surface area contributed by atoms with Crippen LogP contribution in [0.2, 0.25) is 0 Å². The van der Waals surface area contributed by atoms with Crippen LogP contribution in [-0.4, -0.2) is 0 Å². The van der Waals surface area contributed by atoms with Crippen LogP contribution >= 0.6 is 15.9 Å². The normalized spacial score (nSPS) is 10.6. The van der Waals surface area contributed by atoms with E-state index in [1.165, 1.54) is 24.3 Å². The van der Waals surface area contributed by atoms with Crippen LogP contribution in [0.3, 0.4) is 0 Å². The van der Waals surface area contributed by atoms with Crippen molar-refractivity contribution in [2.45, 2.75) is 13.1 Å². The van der Waals surface area contributed by atoms with Gasteiger partial charge in [0.05, 0.1) is 0 Å². The molecule has 0 amide bonds. The van der Waals surface area contributed by atoms with Crippen LogP contribution in [-0.2, 0) is 13.1 Å². The van der Waals surface area contributed by atoms with Gasteiger partial charge in [-0.05, 0) is 41.5 Å². The Kier molecular flexibility index (Phi) is 4.44. The SMILES string of the molecule is Fc1ccc(CNCc2cc(F)ccc2Br)cc1. The minimum Gasteiger partial charge on any atom is -0.309 e. The highest BCUT2D eigenvalue weighted by molar-refractivity contribution is 9.10. The molecule has 0 aromatic heterocycles. The molecule has 0 aliphatic carbocycles. The summed E-state index contributed by atoms with van der Waals surface area (Å²) in [7, 11) is 0. The lowest BCUT2D eigenvalue weighted by Gasteiger charge is -2.07. The van der Waals surface area contributed by atoms with Gasteiger partial charge in [-0.25, -0.2) is 8.78 Å². The lowest BCUT2D eigenvalue weighted by atomic mass is 10.2. The number of hydrogen-bond donors (Lipinski definition) is 1. The molecule has 0 atom stereocenters. The standard InChI is InChI=1S/C14H12BrF2N/c15-14-6-5-13(17)7-11(14)9-18-8-10-1-3-12(16)4-2-10/h1-7,18H,8-9H2. The summed E-state index contributed by atoms with van der Waals surface area (Å²) in [6, 6.07) is 10.9. The van der Waals surface area contributed by atoms with Gasteiger partial charge in [-0.3, -0.25) is 0 Å². The van der Waals surface area contributed by atoms with Gasteiger partial charge in [-0.1, -0.05) is 28.1 Å². The first kappa shape index (κ1) is 13.2. The van der Waals surface area contributed by atoms with Gasteiger partial charge in [0.25, 0.3) is 0 Å². The third-order valence-corrected chi connectivity index (χ3v) is 3.34. The number of benzene rings is 2. The summed E-state index contributed by atoms with van der Waals surface area (Å²) in [6.07, 6.45) is 0. The van der Waals surface area contributed by atoms with E-state index < -0.39 is 0 Å². The summed E-state index contributed by atoms with van der Waals surface area (Å²) < 4.78 is 26.6. The van der Waals surface area contributed by atoms with E-state index in [1.807, 2.05) is 0 Å². The largest absolute Gasteiger partial charge is 0.309 e. The predicted octanol–water partition coefficient (Wildman–Crippen LogP) is 4.02. The highest BCUT2D eigenvalue weighted by Crippen LogP contribution is 2.17. The molecule has 0 fully saturated rings. The molecule has 4 heteroatoms. The predicted molar refractivity (Wildman–Crippen MR) is 71.0 cm³/mol. The summed E-state index contributed by atoms with van der Waals surface area (Å²) in [4.78, 5) is 0. The number of halogens is 3. The molecule has 0 unspecified atom stereocenters. The van der Waals surface area contributed by atoms with E-state index in [1.54, 1.807) is 18.2 Å². The van der Waals surface area contributed by atoms with E-state index in [0.717, 1.165) is 15.6 Å². The van der Waals surface area contributed by atoms with Gasteiger partial charge >= 0.3 is 0 Å². The third kappa shape index (κ3) is 3.62. The Balaban J connectivity index is 1.92. The lowest BCUT2D eigenvalue weighted by molar-refractivity contribution is 0.617. The van der Waals surface area contributed by atoms with E-state index in [-0.39, 0.29) is 11.6 Å². The molecule has 0 aliphatic rings. The Morgan fingerprint density at radius 3 is 2.28 bits per heavy atom. The van der Waals surface area contributed by atoms with Gasteiger partial charge in [0.2, 0.25) is 0 Å². The maximum atomic E-state index is 13.1. The van der Waals surface area contributed by atoms with Crippen molar-refractivity contribution in [1.82, 2.24) is 5.32 Å². The van der Waals surface area contributed by atoms with Crippen molar-refractivity contribution in [3.63, 3.8) is 0 Å². The summed E-state index contributed by atoms with van der Waals surface area (Å²) in [6.45, 7) is 1.17. The molecule has 0 aliphatic heterocycles. The first-order valence-corrected chi connectivity index (χ1v) is 6.33. The molecular weight excluding hydrogens is 300 g/mol. The topological polar surface area (TPSA) is 12.0 Å². The van der Waals surface area contributed by atoms with Gasteiger partial charge in [0, 0.05) is 17.6 Å². The van der Waals surface area contributed by atoms with Crippen LogP contribution in [0.1, 0.15) is 11.1 Å². The molecule has 1 nitrogen and oxygen atoms in total. The van der Waals surface area contributed by atoms with E-state index >= 15 is 0 Å². The van der Waals surface area contributed by atoms with E-state index in [4.69, 9.17) is 0 Å². The Morgan fingerprint density at radius 2 is 1.56 bits per heavy atom. The van der Waals surface area contributed by atoms with Crippen molar-refractivity contribution in [3.8, 4) is 0 Å². The fourth-order valence-electron chi connectivity index (χ4n) is 1.62. The highest BCUT2D eigenvalue weighted by Gasteiger charge is 2.01. The van der Waals surface area contributed by atoms with Crippen LogP contribution in [0, 0.1) is 11.6 Å². The van der Waals surface area contributed by atoms with Gasteiger partial charge < -0.3 is 5.32 Å². The number of nitrogens with one attached hydrogen (secondary N) is 1. The zero-order valence-corrected chi connectivity index (χ0v) is 11.2. The molecule has 94 valence electrons. The molecule has 0 radical (unpaired) electrons. The molecule has 0 spiro atoms. The zero-order valence-electron chi connectivity index (χ0n) is 9.59. The first-order valence-electron chi connectivity index (χ1n) is 5.54. The molecule has 0 saturated heterocycles. The molecular formula is C14H12BrF2N. The molecule has 1 N–H and O–H groups in total. The Morgan fingerprint density at radius 1 is 0.889 bits per heavy atom. The quantitative estimate of drug-likeness (QED) is 0.899. The molecule has 2 aromatic rings. The van der Waals surface area contributed by atoms with Crippen LogP contribution in [0.15, 0.2) is 46.9 Å². The average Bonchev–Trinajstić information content (AvgIpc) is 2.36. The highest BCUT2D eigenvalue weighted by atomic mass is 79.9. The molecule has 2 aromatic carbocycles. The van der Waals surface area contributed by atoms with Crippen molar-refractivity contribution in [2.24, 2.45) is 0 Å². The van der Waals surface area contributed by atoms with Crippen LogP contribution in [0.5, 0.6) is 0 Å². The van der Waals surface area contributed by atoms with Gasteiger partial charge in [0.1, 0.15) is 11.6 Å². The third-order valence-electron chi connectivity index (χ3n) is 2.57. The van der Waals surface area contributed by atoms with Crippen LogP contribution in [0.4, 0.5) is 8.78 Å². The molecule has 2 rings (SSSR count). The summed E-state index contributed by atoms with van der Waals surface area (Å²) in [5.41, 5.74) is 1.85. The fourth-order valence-corrected chi connectivity index (χ4v) is 2.01. The average molecular weight is 312 g/mol. The van der Waals surface area contributed by atoms with Gasteiger partial charge in [-0.15, -0.1) is 0 Å². The minimum atomic E-state index is -0.253. The molecule has 0 saturated carbocycles. The second kappa shape index (κ2) is 6.07.